The van der Waals surface area contributed by atoms with Crippen molar-refractivity contribution in [1.82, 2.24) is 9.78 Å². The van der Waals surface area contributed by atoms with E-state index in [0.717, 1.165) is 25.0 Å². The average molecular weight is 499 g/mol. The van der Waals surface area contributed by atoms with E-state index in [0.29, 0.717) is 5.69 Å². The van der Waals surface area contributed by atoms with E-state index in [-0.39, 0.29) is 27.0 Å². The molecule has 0 saturated heterocycles. The molecule has 7 nitrogen and oxygen atoms in total. The SMILES string of the molecule is COC(=O)c1c(-c2cccc(OC(F)(F)F)c2Br)nn(-c2ccccc2)c1C(=O)OC. The summed E-state index contributed by atoms with van der Waals surface area (Å²) in [5.74, 6) is -2.36. The van der Waals surface area contributed by atoms with E-state index in [2.05, 4.69) is 25.8 Å². The minimum absolute atomic E-state index is 0.0713. The van der Waals surface area contributed by atoms with Crippen LogP contribution in [-0.4, -0.2) is 42.3 Å². The van der Waals surface area contributed by atoms with Crippen molar-refractivity contribution in [3.63, 3.8) is 0 Å². The second kappa shape index (κ2) is 8.80. The number of benzene rings is 2. The van der Waals surface area contributed by atoms with Gasteiger partial charge in [-0.05, 0) is 34.1 Å². The normalized spacial score (nSPS) is 11.2. The summed E-state index contributed by atoms with van der Waals surface area (Å²) < 4.78 is 53.0. The van der Waals surface area contributed by atoms with Crippen molar-refractivity contribution in [3.05, 3.63) is 64.3 Å². The predicted molar refractivity (Wildman–Crippen MR) is 106 cm³/mol. The quantitative estimate of drug-likeness (QED) is 0.471. The molecule has 0 radical (unpaired) electrons. The number of esters is 2. The number of nitrogens with zero attached hydrogens (tertiary/aromatic N) is 2. The molecule has 1 aromatic heterocycles. The monoisotopic (exact) mass is 498 g/mol. The van der Waals surface area contributed by atoms with Crippen molar-refractivity contribution in [1.29, 1.82) is 0 Å². The van der Waals surface area contributed by atoms with Gasteiger partial charge in [0.15, 0.2) is 5.69 Å². The van der Waals surface area contributed by atoms with E-state index in [1.807, 2.05) is 0 Å². The Labute approximate surface area is 182 Å². The molecule has 1 heterocycles. The number of methoxy groups -OCH3 is 2. The van der Waals surface area contributed by atoms with E-state index in [9.17, 15) is 22.8 Å². The molecule has 0 saturated carbocycles. The van der Waals surface area contributed by atoms with E-state index < -0.39 is 24.1 Å². The predicted octanol–water partition coefficient (Wildman–Crippen LogP) is 4.77. The summed E-state index contributed by atoms with van der Waals surface area (Å²) in [6.07, 6.45) is -4.94. The Kier molecular flexibility index (Phi) is 6.34. The number of para-hydroxylation sites is 1. The van der Waals surface area contributed by atoms with Crippen LogP contribution in [0, 0.1) is 0 Å². The Morgan fingerprint density at radius 3 is 2.19 bits per heavy atom. The maximum atomic E-state index is 12.8. The fraction of sp³-hybridized carbons (Fsp3) is 0.150. The molecule has 31 heavy (non-hydrogen) atoms. The molecular weight excluding hydrogens is 485 g/mol. The Morgan fingerprint density at radius 1 is 0.968 bits per heavy atom. The Bertz CT molecular complexity index is 1130. The number of hydrogen-bond donors (Lipinski definition) is 0. The van der Waals surface area contributed by atoms with Crippen LogP contribution in [0.2, 0.25) is 0 Å². The molecule has 0 unspecified atom stereocenters. The zero-order valence-electron chi connectivity index (χ0n) is 16.1. The molecule has 0 atom stereocenters. The molecule has 0 fully saturated rings. The van der Waals surface area contributed by atoms with Gasteiger partial charge in [0.2, 0.25) is 0 Å². The van der Waals surface area contributed by atoms with Crippen LogP contribution in [-0.2, 0) is 9.47 Å². The molecule has 0 amide bonds. The lowest BCUT2D eigenvalue weighted by Crippen LogP contribution is -2.17. The average Bonchev–Trinajstić information content (AvgIpc) is 3.14. The molecule has 0 aliphatic rings. The van der Waals surface area contributed by atoms with Crippen molar-refractivity contribution in [2.75, 3.05) is 14.2 Å². The van der Waals surface area contributed by atoms with Crippen molar-refractivity contribution in [3.8, 4) is 22.7 Å². The minimum atomic E-state index is -4.94. The minimum Gasteiger partial charge on any atom is -0.465 e. The molecule has 0 bridgehead atoms. The van der Waals surface area contributed by atoms with Gasteiger partial charge in [-0.15, -0.1) is 13.2 Å². The van der Waals surface area contributed by atoms with Gasteiger partial charge in [0, 0.05) is 5.56 Å². The fourth-order valence-corrected chi connectivity index (χ4v) is 3.37. The van der Waals surface area contributed by atoms with Gasteiger partial charge in [-0.3, -0.25) is 0 Å². The van der Waals surface area contributed by atoms with Crippen molar-refractivity contribution < 1.29 is 37.0 Å². The number of halogens is 4. The highest BCUT2D eigenvalue weighted by Gasteiger charge is 2.35. The summed E-state index contributed by atoms with van der Waals surface area (Å²) in [6, 6.07) is 12.2. The number of rotatable bonds is 5. The van der Waals surface area contributed by atoms with Gasteiger partial charge in [0.25, 0.3) is 0 Å². The van der Waals surface area contributed by atoms with Crippen LogP contribution in [0.3, 0.4) is 0 Å². The molecule has 0 N–H and O–H groups in total. The lowest BCUT2D eigenvalue weighted by molar-refractivity contribution is -0.274. The third kappa shape index (κ3) is 4.55. The van der Waals surface area contributed by atoms with Gasteiger partial charge in [-0.25, -0.2) is 14.3 Å². The zero-order valence-corrected chi connectivity index (χ0v) is 17.7. The second-order valence-corrected chi connectivity index (χ2v) is 6.76. The summed E-state index contributed by atoms with van der Waals surface area (Å²) in [5.41, 5.74) is -0.136. The summed E-state index contributed by atoms with van der Waals surface area (Å²) in [7, 11) is 2.23. The number of alkyl halides is 3. The number of aromatic nitrogens is 2. The lowest BCUT2D eigenvalue weighted by atomic mass is 10.1. The van der Waals surface area contributed by atoms with Crippen LogP contribution < -0.4 is 4.74 Å². The molecule has 0 aliphatic heterocycles. The number of ether oxygens (including phenoxy) is 3. The first-order valence-electron chi connectivity index (χ1n) is 8.57. The number of carbonyl (C=O) groups excluding carboxylic acids is 2. The molecule has 3 rings (SSSR count). The van der Waals surface area contributed by atoms with Crippen molar-refractivity contribution in [2.45, 2.75) is 6.36 Å². The van der Waals surface area contributed by atoms with Crippen molar-refractivity contribution >= 4 is 27.9 Å². The van der Waals surface area contributed by atoms with Gasteiger partial charge in [0.05, 0.1) is 24.4 Å². The Morgan fingerprint density at radius 2 is 1.61 bits per heavy atom. The molecule has 3 aromatic rings. The standard InChI is InChI=1S/C20H14BrF3N2O5/c1-29-18(27)14-16(12-9-6-10-13(15(12)21)31-20(22,23)24)25-26(17(14)19(28)30-2)11-7-4-3-5-8-11/h3-10H,1-2H3. The maximum Gasteiger partial charge on any atom is 0.573 e. The molecule has 2 aromatic carbocycles. The first kappa shape index (κ1) is 22.3. The van der Waals surface area contributed by atoms with Crippen LogP contribution in [0.15, 0.2) is 53.0 Å². The molecule has 162 valence electrons. The van der Waals surface area contributed by atoms with E-state index in [1.54, 1.807) is 30.3 Å². The smallest absolute Gasteiger partial charge is 0.465 e. The van der Waals surface area contributed by atoms with Crippen molar-refractivity contribution in [2.24, 2.45) is 0 Å². The van der Waals surface area contributed by atoms with Crippen LogP contribution in [0.5, 0.6) is 5.75 Å². The number of hydrogen-bond acceptors (Lipinski definition) is 6. The van der Waals surface area contributed by atoms with E-state index in [1.165, 1.54) is 12.1 Å². The van der Waals surface area contributed by atoms with Crippen LogP contribution >= 0.6 is 15.9 Å². The number of carbonyl (C=O) groups is 2. The highest BCUT2D eigenvalue weighted by Crippen LogP contribution is 2.40. The third-order valence-electron chi connectivity index (χ3n) is 4.10. The van der Waals surface area contributed by atoms with Gasteiger partial charge in [-0.2, -0.15) is 5.10 Å². The first-order chi connectivity index (χ1) is 14.7. The second-order valence-electron chi connectivity index (χ2n) is 5.97. The first-order valence-corrected chi connectivity index (χ1v) is 9.37. The molecular formula is C20H14BrF3N2O5. The zero-order chi connectivity index (χ0) is 22.8. The fourth-order valence-electron chi connectivity index (χ4n) is 2.84. The highest BCUT2D eigenvalue weighted by molar-refractivity contribution is 9.10. The van der Waals surface area contributed by atoms with Gasteiger partial charge < -0.3 is 14.2 Å². The van der Waals surface area contributed by atoms with Gasteiger partial charge in [-0.1, -0.05) is 30.3 Å². The summed E-state index contributed by atoms with van der Waals surface area (Å²) in [4.78, 5) is 25.2. The van der Waals surface area contributed by atoms with Gasteiger partial charge >= 0.3 is 18.3 Å². The highest BCUT2D eigenvalue weighted by atomic mass is 79.9. The summed E-state index contributed by atoms with van der Waals surface area (Å²) in [6.45, 7) is 0. The topological polar surface area (TPSA) is 79.7 Å². The van der Waals surface area contributed by atoms with Crippen LogP contribution in [0.1, 0.15) is 20.8 Å². The summed E-state index contributed by atoms with van der Waals surface area (Å²) >= 11 is 3.08. The molecule has 0 aliphatic carbocycles. The largest absolute Gasteiger partial charge is 0.573 e. The van der Waals surface area contributed by atoms with Gasteiger partial charge in [0.1, 0.15) is 17.0 Å². The Balaban J connectivity index is 2.33. The third-order valence-corrected chi connectivity index (χ3v) is 4.92. The summed E-state index contributed by atoms with van der Waals surface area (Å²) in [5, 5.41) is 4.34. The van der Waals surface area contributed by atoms with E-state index in [4.69, 9.17) is 9.47 Å². The van der Waals surface area contributed by atoms with E-state index >= 15 is 0 Å². The maximum absolute atomic E-state index is 12.8. The van der Waals surface area contributed by atoms with Crippen LogP contribution in [0.4, 0.5) is 13.2 Å². The lowest BCUT2D eigenvalue weighted by Gasteiger charge is -2.12. The Hall–Kier alpha value is -3.34. The molecule has 11 heteroatoms. The van der Waals surface area contributed by atoms with Crippen LogP contribution in [0.25, 0.3) is 16.9 Å². The molecule has 0 spiro atoms.